The van der Waals surface area contributed by atoms with Crippen molar-refractivity contribution in [1.82, 2.24) is 21.0 Å². The Morgan fingerprint density at radius 1 is 1.43 bits per heavy atom. The molecule has 11 heteroatoms. The molecule has 0 radical (unpaired) electrons. The van der Waals surface area contributed by atoms with E-state index in [9.17, 15) is 19.2 Å². The highest BCUT2D eigenvalue weighted by Gasteiger charge is 2.41. The molecule has 2 saturated heterocycles. The van der Waals surface area contributed by atoms with E-state index < -0.39 is 42.3 Å². The fraction of sp³-hybridized carbons (Fsp3) is 0.667. The minimum absolute atomic E-state index is 0. The summed E-state index contributed by atoms with van der Waals surface area (Å²) in [5.41, 5.74) is 7.18. The van der Waals surface area contributed by atoms with E-state index in [0.29, 0.717) is 4.90 Å². The van der Waals surface area contributed by atoms with Gasteiger partial charge in [0.1, 0.15) is 12.6 Å². The van der Waals surface area contributed by atoms with E-state index in [4.69, 9.17) is 10.9 Å². The molecular formula is C12H20ClN5O5. The van der Waals surface area contributed by atoms with Crippen molar-refractivity contribution >= 4 is 36.0 Å². The van der Waals surface area contributed by atoms with Gasteiger partial charge in [-0.15, -0.1) is 12.4 Å². The summed E-state index contributed by atoms with van der Waals surface area (Å²) in [5.74, 6) is -2.68. The standard InChI is InChI=1S/C12H19N5O5.ClH/c13-10(6-2-1-3-14-6)11(20)15-7-4-9(19)17(12(7)21)5-8(18)16-22;/h6-7,10,14,22H,1-5,13H2,(H,15,20)(H,16,18);1H/t6?,7-,10-;/m0./s1. The molecule has 4 amide bonds. The lowest BCUT2D eigenvalue weighted by Crippen LogP contribution is -2.55. The minimum Gasteiger partial charge on any atom is -0.342 e. The van der Waals surface area contributed by atoms with Gasteiger partial charge < -0.3 is 16.4 Å². The predicted molar refractivity (Wildman–Crippen MR) is 79.4 cm³/mol. The molecule has 0 aliphatic carbocycles. The topological polar surface area (TPSA) is 154 Å². The van der Waals surface area contributed by atoms with Crippen LogP contribution in [0.3, 0.4) is 0 Å². The number of nitrogens with zero attached hydrogens (tertiary/aromatic N) is 1. The van der Waals surface area contributed by atoms with Crippen molar-refractivity contribution in [2.24, 2.45) is 5.73 Å². The van der Waals surface area contributed by atoms with E-state index in [-0.39, 0.29) is 24.9 Å². The first-order valence-corrected chi connectivity index (χ1v) is 7.00. The number of rotatable bonds is 5. The van der Waals surface area contributed by atoms with Crippen LogP contribution in [0.4, 0.5) is 0 Å². The maximum absolute atomic E-state index is 12.0. The van der Waals surface area contributed by atoms with Crippen LogP contribution >= 0.6 is 12.4 Å². The van der Waals surface area contributed by atoms with Gasteiger partial charge in [0.15, 0.2) is 0 Å². The van der Waals surface area contributed by atoms with Crippen LogP contribution in [0.15, 0.2) is 0 Å². The number of nitrogens with one attached hydrogen (secondary N) is 3. The second-order valence-corrected chi connectivity index (χ2v) is 5.35. The van der Waals surface area contributed by atoms with E-state index in [2.05, 4.69) is 10.6 Å². The minimum atomic E-state index is -1.03. The van der Waals surface area contributed by atoms with Gasteiger partial charge in [0.2, 0.25) is 11.8 Å². The molecule has 2 fully saturated rings. The highest BCUT2D eigenvalue weighted by molar-refractivity contribution is 6.09. The molecule has 0 bridgehead atoms. The monoisotopic (exact) mass is 349 g/mol. The molecule has 3 atom stereocenters. The van der Waals surface area contributed by atoms with Gasteiger partial charge in [-0.1, -0.05) is 0 Å². The van der Waals surface area contributed by atoms with Gasteiger partial charge >= 0.3 is 0 Å². The quantitative estimate of drug-likeness (QED) is 0.204. The zero-order chi connectivity index (χ0) is 16.3. The first-order chi connectivity index (χ1) is 10.4. The van der Waals surface area contributed by atoms with E-state index in [1.807, 2.05) is 0 Å². The lowest BCUT2D eigenvalue weighted by molar-refractivity contribution is -0.145. The molecule has 10 nitrogen and oxygen atoms in total. The molecule has 130 valence electrons. The third-order valence-corrected chi connectivity index (χ3v) is 3.82. The van der Waals surface area contributed by atoms with Crippen LogP contribution in [0, 0.1) is 0 Å². The second-order valence-electron chi connectivity index (χ2n) is 5.35. The zero-order valence-corrected chi connectivity index (χ0v) is 13.1. The molecule has 0 saturated carbocycles. The SMILES string of the molecule is Cl.N[C@H](C(=O)N[C@H]1CC(=O)N(CC(=O)NO)C1=O)C1CCCN1. The number of hydrogen-bond donors (Lipinski definition) is 5. The van der Waals surface area contributed by atoms with Crippen molar-refractivity contribution in [3.63, 3.8) is 0 Å². The van der Waals surface area contributed by atoms with Crippen LogP contribution < -0.4 is 21.8 Å². The van der Waals surface area contributed by atoms with Crippen molar-refractivity contribution in [3.8, 4) is 0 Å². The summed E-state index contributed by atoms with van der Waals surface area (Å²) < 4.78 is 0. The Hall–Kier alpha value is -1.75. The molecule has 1 unspecified atom stereocenters. The van der Waals surface area contributed by atoms with E-state index in [0.717, 1.165) is 19.4 Å². The van der Waals surface area contributed by atoms with E-state index in [1.54, 1.807) is 0 Å². The summed E-state index contributed by atoms with van der Waals surface area (Å²) in [6.07, 6.45) is 1.47. The highest BCUT2D eigenvalue weighted by Crippen LogP contribution is 2.14. The van der Waals surface area contributed by atoms with Crippen LogP contribution in [0.1, 0.15) is 19.3 Å². The van der Waals surface area contributed by atoms with Gasteiger partial charge in [0, 0.05) is 6.04 Å². The molecule has 0 aromatic rings. The number of amides is 4. The molecule has 2 aliphatic rings. The van der Waals surface area contributed by atoms with Crippen LogP contribution in [0.5, 0.6) is 0 Å². The number of carbonyl (C=O) groups is 4. The zero-order valence-electron chi connectivity index (χ0n) is 12.3. The highest BCUT2D eigenvalue weighted by atomic mass is 35.5. The summed E-state index contributed by atoms with van der Waals surface area (Å²) in [6, 6.07) is -1.98. The number of carbonyl (C=O) groups excluding carboxylic acids is 4. The number of likely N-dealkylation sites (tertiary alicyclic amines) is 1. The van der Waals surface area contributed by atoms with Crippen molar-refractivity contribution in [2.45, 2.75) is 37.4 Å². The summed E-state index contributed by atoms with van der Waals surface area (Å²) in [7, 11) is 0. The van der Waals surface area contributed by atoms with E-state index in [1.165, 1.54) is 5.48 Å². The maximum atomic E-state index is 12.0. The molecule has 0 aromatic heterocycles. The second kappa shape index (κ2) is 8.20. The molecule has 2 aliphatic heterocycles. The molecule has 6 N–H and O–H groups in total. The molecule has 0 aromatic carbocycles. The van der Waals surface area contributed by atoms with Crippen molar-refractivity contribution < 1.29 is 24.4 Å². The summed E-state index contributed by atoms with van der Waals surface area (Å²) >= 11 is 0. The average molecular weight is 350 g/mol. The van der Waals surface area contributed by atoms with Gasteiger partial charge in [-0.25, -0.2) is 5.48 Å². The maximum Gasteiger partial charge on any atom is 0.263 e. The van der Waals surface area contributed by atoms with Crippen LogP contribution in [0.2, 0.25) is 0 Å². The van der Waals surface area contributed by atoms with Gasteiger partial charge in [-0.3, -0.25) is 29.3 Å². The molecule has 23 heavy (non-hydrogen) atoms. The third-order valence-electron chi connectivity index (χ3n) is 3.82. The van der Waals surface area contributed by atoms with Crippen molar-refractivity contribution in [1.29, 1.82) is 0 Å². The van der Waals surface area contributed by atoms with E-state index >= 15 is 0 Å². The van der Waals surface area contributed by atoms with Crippen LogP contribution in [-0.4, -0.2) is 65.0 Å². The number of halogens is 1. The van der Waals surface area contributed by atoms with Crippen molar-refractivity contribution in [3.05, 3.63) is 0 Å². The lowest BCUT2D eigenvalue weighted by Gasteiger charge is -2.20. The number of nitrogens with two attached hydrogens (primary N) is 1. The summed E-state index contributed by atoms with van der Waals surface area (Å²) in [6.45, 7) is 0.202. The van der Waals surface area contributed by atoms with Crippen molar-refractivity contribution in [2.75, 3.05) is 13.1 Å². The van der Waals surface area contributed by atoms with Crippen LogP contribution in [0.25, 0.3) is 0 Å². The van der Waals surface area contributed by atoms with Crippen LogP contribution in [-0.2, 0) is 19.2 Å². The lowest BCUT2D eigenvalue weighted by atomic mass is 10.1. The Morgan fingerprint density at radius 3 is 2.70 bits per heavy atom. The molecule has 2 rings (SSSR count). The molecular weight excluding hydrogens is 330 g/mol. The molecule has 2 heterocycles. The smallest absolute Gasteiger partial charge is 0.263 e. The first-order valence-electron chi connectivity index (χ1n) is 7.00. The fourth-order valence-electron chi connectivity index (χ4n) is 2.61. The Morgan fingerprint density at radius 2 is 2.13 bits per heavy atom. The Kier molecular flexibility index (Phi) is 6.88. The third kappa shape index (κ3) is 4.38. The summed E-state index contributed by atoms with van der Waals surface area (Å²) in [5, 5.41) is 14.0. The van der Waals surface area contributed by atoms with Gasteiger partial charge in [-0.05, 0) is 19.4 Å². The largest absolute Gasteiger partial charge is 0.342 e. The molecule has 0 spiro atoms. The Balaban J connectivity index is 0.00000264. The van der Waals surface area contributed by atoms with Gasteiger partial charge in [0.25, 0.3) is 11.8 Å². The number of imide groups is 1. The Labute approximate surface area is 138 Å². The predicted octanol–water partition coefficient (Wildman–Crippen LogP) is -2.76. The van der Waals surface area contributed by atoms with Gasteiger partial charge in [-0.2, -0.15) is 0 Å². The number of hydroxylamine groups is 1. The first kappa shape index (κ1) is 19.3. The Bertz CT molecular complexity index is 496. The normalized spacial score (nSPS) is 25.0. The average Bonchev–Trinajstić information content (AvgIpc) is 3.11. The summed E-state index contributed by atoms with van der Waals surface area (Å²) in [4.78, 5) is 47.5. The number of hydrogen-bond acceptors (Lipinski definition) is 7. The van der Waals surface area contributed by atoms with Gasteiger partial charge in [0.05, 0.1) is 12.5 Å². The fourth-order valence-corrected chi connectivity index (χ4v) is 2.61.